The van der Waals surface area contributed by atoms with Crippen molar-refractivity contribution in [3.8, 4) is 28.3 Å². The fraction of sp³-hybridized carbons (Fsp3) is 0.200. The van der Waals surface area contributed by atoms with Gasteiger partial charge in [0.1, 0.15) is 18.1 Å². The van der Waals surface area contributed by atoms with Gasteiger partial charge in [0.2, 0.25) is 0 Å². The lowest BCUT2D eigenvalue weighted by Crippen LogP contribution is -2.20. The fourth-order valence-electron chi connectivity index (χ4n) is 3.29. The van der Waals surface area contributed by atoms with E-state index in [0.717, 1.165) is 34.0 Å². The summed E-state index contributed by atoms with van der Waals surface area (Å²) in [5.74, 6) is 2.66. The lowest BCUT2D eigenvalue weighted by atomic mass is 10.1. The molecule has 1 N–H and O–H groups in total. The second kappa shape index (κ2) is 10.3. The molecule has 0 amide bonds. The van der Waals surface area contributed by atoms with E-state index < -0.39 is 6.10 Å². The van der Waals surface area contributed by atoms with Crippen LogP contribution in [0.2, 0.25) is 0 Å². The number of benzene rings is 2. The van der Waals surface area contributed by atoms with Gasteiger partial charge in [0, 0.05) is 12.3 Å². The number of nitrogens with zero attached hydrogens (tertiary/aromatic N) is 3. The quantitative estimate of drug-likeness (QED) is 0.265. The molecule has 0 bridgehead atoms. The molecule has 0 spiro atoms. The zero-order valence-electron chi connectivity index (χ0n) is 17.8. The highest BCUT2D eigenvalue weighted by Crippen LogP contribution is 2.27. The topological polar surface area (TPSA) is 73.3 Å². The average molecular weight is 448 g/mol. The number of aliphatic hydroxyl groups is 1. The van der Waals surface area contributed by atoms with Crippen molar-refractivity contribution in [2.75, 3.05) is 12.4 Å². The molecule has 2 aromatic heterocycles. The first-order valence-electron chi connectivity index (χ1n) is 10.3. The number of thioether (sulfide) groups is 1. The van der Waals surface area contributed by atoms with Gasteiger partial charge in [-0.3, -0.25) is 4.57 Å². The van der Waals surface area contributed by atoms with Crippen LogP contribution in [0.1, 0.15) is 5.76 Å². The highest BCUT2D eigenvalue weighted by atomic mass is 32.2. The van der Waals surface area contributed by atoms with Crippen LogP contribution in [0, 0.1) is 6.92 Å². The Balaban J connectivity index is 1.33. The van der Waals surface area contributed by atoms with E-state index in [2.05, 4.69) is 28.9 Å². The maximum Gasteiger partial charge on any atom is 0.191 e. The van der Waals surface area contributed by atoms with E-state index in [4.69, 9.17) is 9.15 Å². The SMILES string of the molecule is C=CCn1c(SCC(O)COc2ccc(-c3ccccc3)cc2)nnc1-c1ccoc1C. The molecule has 0 radical (unpaired) electrons. The summed E-state index contributed by atoms with van der Waals surface area (Å²) in [5, 5.41) is 19.7. The summed E-state index contributed by atoms with van der Waals surface area (Å²) >= 11 is 1.43. The summed E-state index contributed by atoms with van der Waals surface area (Å²) in [6.07, 6.45) is 2.78. The maximum atomic E-state index is 10.4. The van der Waals surface area contributed by atoms with E-state index in [0.29, 0.717) is 17.5 Å². The summed E-state index contributed by atoms with van der Waals surface area (Å²) in [7, 11) is 0. The number of ether oxygens (including phenoxy) is 1. The van der Waals surface area contributed by atoms with E-state index in [9.17, 15) is 5.11 Å². The molecule has 2 aromatic carbocycles. The van der Waals surface area contributed by atoms with Gasteiger partial charge in [-0.2, -0.15) is 0 Å². The summed E-state index contributed by atoms with van der Waals surface area (Å²) in [4.78, 5) is 0. The monoisotopic (exact) mass is 447 g/mol. The number of furan rings is 1. The third-order valence-electron chi connectivity index (χ3n) is 4.94. The van der Waals surface area contributed by atoms with Crippen molar-refractivity contribution in [2.24, 2.45) is 0 Å². The Morgan fingerprint density at radius 2 is 1.84 bits per heavy atom. The minimum atomic E-state index is -0.651. The summed E-state index contributed by atoms with van der Waals surface area (Å²) in [6, 6.07) is 19.9. The predicted molar refractivity (Wildman–Crippen MR) is 127 cm³/mol. The van der Waals surface area contributed by atoms with Crippen LogP contribution in [-0.2, 0) is 6.54 Å². The Bertz CT molecular complexity index is 1150. The minimum absolute atomic E-state index is 0.195. The van der Waals surface area contributed by atoms with Gasteiger partial charge in [0.25, 0.3) is 0 Å². The zero-order valence-corrected chi connectivity index (χ0v) is 18.7. The van der Waals surface area contributed by atoms with Crippen molar-refractivity contribution in [3.63, 3.8) is 0 Å². The molecular formula is C25H25N3O3S. The predicted octanol–water partition coefficient (Wildman–Crippen LogP) is 5.23. The minimum Gasteiger partial charge on any atom is -0.491 e. The van der Waals surface area contributed by atoms with E-state index in [-0.39, 0.29) is 6.61 Å². The van der Waals surface area contributed by atoms with Gasteiger partial charge in [0.05, 0.1) is 17.9 Å². The molecule has 0 fully saturated rings. The van der Waals surface area contributed by atoms with Crippen LogP contribution in [0.25, 0.3) is 22.5 Å². The molecule has 1 unspecified atom stereocenters. The average Bonchev–Trinajstić information content (AvgIpc) is 3.43. The molecule has 32 heavy (non-hydrogen) atoms. The van der Waals surface area contributed by atoms with Crippen LogP contribution >= 0.6 is 11.8 Å². The maximum absolute atomic E-state index is 10.4. The van der Waals surface area contributed by atoms with E-state index in [1.54, 1.807) is 12.3 Å². The third-order valence-corrected chi connectivity index (χ3v) is 6.05. The normalized spacial score (nSPS) is 11.9. The molecule has 6 nitrogen and oxygen atoms in total. The summed E-state index contributed by atoms with van der Waals surface area (Å²) in [5.41, 5.74) is 3.18. The van der Waals surface area contributed by atoms with Crippen molar-refractivity contribution >= 4 is 11.8 Å². The lowest BCUT2D eigenvalue weighted by Gasteiger charge is -2.13. The third kappa shape index (κ3) is 5.12. The molecule has 0 aliphatic heterocycles. The number of allylic oxidation sites excluding steroid dienone is 1. The second-order valence-corrected chi connectivity index (χ2v) is 8.25. The molecule has 0 saturated carbocycles. The number of aromatic nitrogens is 3. The van der Waals surface area contributed by atoms with Gasteiger partial charge in [-0.1, -0.05) is 60.3 Å². The summed E-state index contributed by atoms with van der Waals surface area (Å²) < 4.78 is 13.1. The summed E-state index contributed by atoms with van der Waals surface area (Å²) in [6.45, 7) is 6.48. The van der Waals surface area contributed by atoms with Crippen LogP contribution in [0.3, 0.4) is 0 Å². The van der Waals surface area contributed by atoms with E-state index >= 15 is 0 Å². The molecule has 164 valence electrons. The molecule has 0 aliphatic carbocycles. The number of hydrogen-bond acceptors (Lipinski definition) is 6. The standard InChI is InChI=1S/C25H25N3O3S/c1-3-14-28-24(23-13-15-30-18(23)2)26-27-25(28)32-17-21(29)16-31-22-11-9-20(10-12-22)19-7-5-4-6-8-19/h3-13,15,21,29H,1,14,16-17H2,2H3. The Kier molecular flexibility index (Phi) is 7.09. The van der Waals surface area contributed by atoms with Crippen LogP contribution in [-0.4, -0.2) is 38.3 Å². The number of hydrogen-bond donors (Lipinski definition) is 1. The van der Waals surface area contributed by atoms with Gasteiger partial charge in [-0.25, -0.2) is 0 Å². The Morgan fingerprint density at radius 1 is 1.09 bits per heavy atom. The van der Waals surface area contributed by atoms with E-state index in [1.807, 2.05) is 60.0 Å². The first-order chi connectivity index (χ1) is 15.7. The first kappa shape index (κ1) is 21.9. The van der Waals surface area contributed by atoms with Crippen molar-refractivity contribution in [1.82, 2.24) is 14.8 Å². The fourth-order valence-corrected chi connectivity index (χ4v) is 4.14. The Hall–Kier alpha value is -3.29. The number of aliphatic hydroxyl groups excluding tert-OH is 1. The Labute approximate surface area is 191 Å². The molecule has 4 aromatic rings. The van der Waals surface area contributed by atoms with Gasteiger partial charge in [-0.15, -0.1) is 16.8 Å². The highest BCUT2D eigenvalue weighted by molar-refractivity contribution is 7.99. The molecule has 1 atom stereocenters. The van der Waals surface area contributed by atoms with Gasteiger partial charge in [-0.05, 0) is 36.2 Å². The van der Waals surface area contributed by atoms with Gasteiger partial charge >= 0.3 is 0 Å². The van der Waals surface area contributed by atoms with Crippen molar-refractivity contribution in [3.05, 3.63) is 85.3 Å². The zero-order chi connectivity index (χ0) is 22.3. The van der Waals surface area contributed by atoms with Crippen molar-refractivity contribution in [2.45, 2.75) is 24.7 Å². The Morgan fingerprint density at radius 3 is 2.53 bits per heavy atom. The molecule has 2 heterocycles. The first-order valence-corrected chi connectivity index (χ1v) is 11.3. The van der Waals surface area contributed by atoms with Crippen molar-refractivity contribution < 1.29 is 14.3 Å². The van der Waals surface area contributed by atoms with Crippen LogP contribution in [0.4, 0.5) is 0 Å². The molecule has 0 aliphatic rings. The number of aryl methyl sites for hydroxylation is 1. The molecule has 0 saturated heterocycles. The molecular weight excluding hydrogens is 422 g/mol. The molecule has 4 rings (SSSR count). The van der Waals surface area contributed by atoms with Gasteiger partial charge in [0.15, 0.2) is 11.0 Å². The van der Waals surface area contributed by atoms with Crippen LogP contribution in [0.5, 0.6) is 5.75 Å². The van der Waals surface area contributed by atoms with Crippen molar-refractivity contribution in [1.29, 1.82) is 0 Å². The lowest BCUT2D eigenvalue weighted by molar-refractivity contribution is 0.126. The van der Waals surface area contributed by atoms with Crippen LogP contribution in [0.15, 0.2) is 89.2 Å². The largest absolute Gasteiger partial charge is 0.491 e. The van der Waals surface area contributed by atoms with E-state index in [1.165, 1.54) is 11.8 Å². The van der Waals surface area contributed by atoms with Gasteiger partial charge < -0.3 is 14.3 Å². The number of rotatable bonds is 10. The second-order valence-electron chi connectivity index (χ2n) is 7.26. The highest BCUT2D eigenvalue weighted by Gasteiger charge is 2.18. The smallest absolute Gasteiger partial charge is 0.191 e. The molecule has 7 heteroatoms. The van der Waals surface area contributed by atoms with Crippen LogP contribution < -0.4 is 4.74 Å².